The average molecular weight is 254 g/mol. The molecule has 0 spiro atoms. The SMILES string of the molecule is CNCc1cccc(S(=O)(=O)N2CCCC2)c1. The molecule has 0 atom stereocenters. The standard InChI is InChI=1S/C12H18N2O2S/c1-13-10-11-5-4-6-12(9-11)17(15,16)14-7-2-3-8-14/h4-6,9,13H,2-3,7-8,10H2,1H3. The zero-order valence-corrected chi connectivity index (χ0v) is 10.8. The Bertz CT molecular complexity index is 479. The van der Waals surface area contributed by atoms with E-state index in [1.807, 2.05) is 13.1 Å². The quantitative estimate of drug-likeness (QED) is 0.878. The van der Waals surface area contributed by atoms with Crippen LogP contribution in [-0.4, -0.2) is 32.9 Å². The number of nitrogens with one attached hydrogen (secondary N) is 1. The molecule has 1 heterocycles. The molecule has 1 aromatic carbocycles. The lowest BCUT2D eigenvalue weighted by atomic mass is 10.2. The molecule has 5 heteroatoms. The molecule has 1 aliphatic rings. The zero-order chi connectivity index (χ0) is 12.3. The predicted molar refractivity (Wildman–Crippen MR) is 67.2 cm³/mol. The van der Waals surface area contributed by atoms with Gasteiger partial charge in [0.1, 0.15) is 0 Å². The predicted octanol–water partition coefficient (Wildman–Crippen LogP) is 1.19. The van der Waals surface area contributed by atoms with E-state index in [1.165, 1.54) is 0 Å². The zero-order valence-electron chi connectivity index (χ0n) is 10.0. The monoisotopic (exact) mass is 254 g/mol. The Hall–Kier alpha value is -0.910. The largest absolute Gasteiger partial charge is 0.316 e. The van der Waals surface area contributed by atoms with E-state index in [-0.39, 0.29) is 0 Å². The topological polar surface area (TPSA) is 49.4 Å². The average Bonchev–Trinajstić information content (AvgIpc) is 2.84. The minimum absolute atomic E-state index is 0.409. The van der Waals surface area contributed by atoms with Gasteiger partial charge >= 0.3 is 0 Å². The molecule has 0 amide bonds. The van der Waals surface area contributed by atoms with E-state index >= 15 is 0 Å². The molecule has 1 aliphatic heterocycles. The highest BCUT2D eigenvalue weighted by Crippen LogP contribution is 2.21. The van der Waals surface area contributed by atoms with Crippen molar-refractivity contribution in [2.24, 2.45) is 0 Å². The van der Waals surface area contributed by atoms with Gasteiger partial charge in [-0.05, 0) is 37.6 Å². The van der Waals surface area contributed by atoms with Crippen molar-refractivity contribution in [2.75, 3.05) is 20.1 Å². The third kappa shape index (κ3) is 2.68. The fraction of sp³-hybridized carbons (Fsp3) is 0.500. The van der Waals surface area contributed by atoms with Crippen molar-refractivity contribution in [1.29, 1.82) is 0 Å². The summed E-state index contributed by atoms with van der Waals surface area (Å²) in [5.41, 5.74) is 0.993. The summed E-state index contributed by atoms with van der Waals surface area (Å²) in [5, 5.41) is 3.02. The number of sulfonamides is 1. The van der Waals surface area contributed by atoms with E-state index < -0.39 is 10.0 Å². The van der Waals surface area contributed by atoms with Crippen molar-refractivity contribution in [3.63, 3.8) is 0 Å². The molecule has 0 unspecified atom stereocenters. The van der Waals surface area contributed by atoms with Crippen LogP contribution in [0.15, 0.2) is 29.2 Å². The first-order valence-corrected chi connectivity index (χ1v) is 7.32. The summed E-state index contributed by atoms with van der Waals surface area (Å²) < 4.78 is 26.2. The van der Waals surface area contributed by atoms with Crippen molar-refractivity contribution in [3.8, 4) is 0 Å². The van der Waals surface area contributed by atoms with Crippen molar-refractivity contribution >= 4 is 10.0 Å². The molecule has 1 fully saturated rings. The minimum Gasteiger partial charge on any atom is -0.316 e. The first kappa shape index (κ1) is 12.5. The molecule has 0 radical (unpaired) electrons. The summed E-state index contributed by atoms with van der Waals surface area (Å²) in [6, 6.07) is 7.16. The molecule has 1 N–H and O–H groups in total. The lowest BCUT2D eigenvalue weighted by Gasteiger charge is -2.16. The van der Waals surface area contributed by atoms with Gasteiger partial charge in [-0.3, -0.25) is 0 Å². The maximum atomic E-state index is 12.3. The summed E-state index contributed by atoms with van der Waals surface area (Å²) in [6.45, 7) is 1.99. The van der Waals surface area contributed by atoms with E-state index in [0.717, 1.165) is 18.4 Å². The molecule has 2 rings (SSSR count). The Labute approximate surface area is 103 Å². The Kier molecular flexibility index (Phi) is 3.81. The van der Waals surface area contributed by atoms with Crippen LogP contribution in [0.2, 0.25) is 0 Å². The van der Waals surface area contributed by atoms with Gasteiger partial charge in [0.2, 0.25) is 10.0 Å². The molecule has 1 aromatic rings. The van der Waals surface area contributed by atoms with Crippen molar-refractivity contribution in [2.45, 2.75) is 24.3 Å². The molecule has 4 nitrogen and oxygen atoms in total. The summed E-state index contributed by atoms with van der Waals surface area (Å²) in [4.78, 5) is 0.409. The highest BCUT2D eigenvalue weighted by atomic mass is 32.2. The van der Waals surface area contributed by atoms with Crippen LogP contribution in [0.4, 0.5) is 0 Å². The Morgan fingerprint density at radius 1 is 1.29 bits per heavy atom. The Balaban J connectivity index is 2.29. The Morgan fingerprint density at radius 2 is 2.00 bits per heavy atom. The van der Waals surface area contributed by atoms with E-state index in [1.54, 1.807) is 22.5 Å². The second-order valence-electron chi connectivity index (χ2n) is 4.29. The van der Waals surface area contributed by atoms with Crippen LogP contribution in [0.3, 0.4) is 0 Å². The van der Waals surface area contributed by atoms with Crippen LogP contribution in [0.1, 0.15) is 18.4 Å². The molecule has 17 heavy (non-hydrogen) atoms. The van der Waals surface area contributed by atoms with Gasteiger partial charge in [0, 0.05) is 19.6 Å². The lowest BCUT2D eigenvalue weighted by molar-refractivity contribution is 0.477. The normalized spacial score (nSPS) is 17.5. The van der Waals surface area contributed by atoms with E-state index in [0.29, 0.717) is 24.5 Å². The number of benzene rings is 1. The highest BCUT2D eigenvalue weighted by molar-refractivity contribution is 7.89. The van der Waals surface area contributed by atoms with Crippen LogP contribution in [0.5, 0.6) is 0 Å². The minimum atomic E-state index is -3.27. The summed E-state index contributed by atoms with van der Waals surface area (Å²) in [7, 11) is -1.43. The van der Waals surface area contributed by atoms with E-state index in [4.69, 9.17) is 0 Å². The number of hydrogen-bond acceptors (Lipinski definition) is 3. The third-order valence-electron chi connectivity index (χ3n) is 2.98. The lowest BCUT2D eigenvalue weighted by Crippen LogP contribution is -2.27. The summed E-state index contributed by atoms with van der Waals surface area (Å²) in [6.07, 6.45) is 1.94. The molecule has 0 saturated carbocycles. The molecular weight excluding hydrogens is 236 g/mol. The maximum Gasteiger partial charge on any atom is 0.243 e. The number of nitrogens with zero attached hydrogens (tertiary/aromatic N) is 1. The van der Waals surface area contributed by atoms with Gasteiger partial charge in [0.15, 0.2) is 0 Å². The van der Waals surface area contributed by atoms with Gasteiger partial charge in [-0.2, -0.15) is 4.31 Å². The summed E-state index contributed by atoms with van der Waals surface area (Å²) in [5.74, 6) is 0. The number of hydrogen-bond donors (Lipinski definition) is 1. The first-order valence-electron chi connectivity index (χ1n) is 5.88. The van der Waals surface area contributed by atoms with E-state index in [2.05, 4.69) is 5.32 Å². The summed E-state index contributed by atoms with van der Waals surface area (Å²) >= 11 is 0. The van der Waals surface area contributed by atoms with Crippen LogP contribution >= 0.6 is 0 Å². The van der Waals surface area contributed by atoms with Crippen LogP contribution in [0, 0.1) is 0 Å². The molecule has 0 aromatic heterocycles. The second kappa shape index (κ2) is 5.16. The fourth-order valence-corrected chi connectivity index (χ4v) is 3.69. The van der Waals surface area contributed by atoms with Crippen LogP contribution in [0.25, 0.3) is 0 Å². The molecule has 0 aliphatic carbocycles. The van der Waals surface area contributed by atoms with Gasteiger partial charge in [-0.1, -0.05) is 12.1 Å². The smallest absolute Gasteiger partial charge is 0.243 e. The molecule has 94 valence electrons. The van der Waals surface area contributed by atoms with Crippen molar-refractivity contribution < 1.29 is 8.42 Å². The maximum absolute atomic E-state index is 12.3. The number of rotatable bonds is 4. The van der Waals surface area contributed by atoms with Gasteiger partial charge < -0.3 is 5.32 Å². The van der Waals surface area contributed by atoms with Crippen LogP contribution < -0.4 is 5.32 Å². The fourth-order valence-electron chi connectivity index (χ4n) is 2.10. The van der Waals surface area contributed by atoms with Gasteiger partial charge in [-0.25, -0.2) is 8.42 Å². The van der Waals surface area contributed by atoms with Crippen LogP contribution in [-0.2, 0) is 16.6 Å². The highest BCUT2D eigenvalue weighted by Gasteiger charge is 2.26. The first-order chi connectivity index (χ1) is 8.14. The Morgan fingerprint density at radius 3 is 2.65 bits per heavy atom. The second-order valence-corrected chi connectivity index (χ2v) is 6.23. The van der Waals surface area contributed by atoms with Crippen molar-refractivity contribution in [1.82, 2.24) is 9.62 Å². The van der Waals surface area contributed by atoms with Gasteiger partial charge in [0.25, 0.3) is 0 Å². The third-order valence-corrected chi connectivity index (χ3v) is 4.88. The molecule has 1 saturated heterocycles. The van der Waals surface area contributed by atoms with Gasteiger partial charge in [0.05, 0.1) is 4.90 Å². The van der Waals surface area contributed by atoms with Gasteiger partial charge in [-0.15, -0.1) is 0 Å². The molecule has 0 bridgehead atoms. The van der Waals surface area contributed by atoms with Crippen molar-refractivity contribution in [3.05, 3.63) is 29.8 Å². The van der Waals surface area contributed by atoms with E-state index in [9.17, 15) is 8.42 Å². The molecular formula is C12H18N2O2S.